The molecule has 0 bridgehead atoms. The van der Waals surface area contributed by atoms with E-state index in [1.165, 1.54) is 30.4 Å². The molecule has 0 saturated heterocycles. The second kappa shape index (κ2) is 4.36. The fourth-order valence-electron chi connectivity index (χ4n) is 2.09. The largest absolute Gasteiger partial charge is 0.393 e. The summed E-state index contributed by atoms with van der Waals surface area (Å²) in [5.74, 6) is 1.04. The van der Waals surface area contributed by atoms with Crippen LogP contribution in [0, 0.1) is 0 Å². The topological polar surface area (TPSA) is 20.2 Å². The lowest BCUT2D eigenvalue weighted by Crippen LogP contribution is -2.12. The Hall–Kier alpha value is -0.820. The molecule has 1 aliphatic carbocycles. The Morgan fingerprint density at radius 3 is 2.13 bits per heavy atom. The first-order valence-corrected chi connectivity index (χ1v) is 5.96. The zero-order valence-corrected chi connectivity index (χ0v) is 9.61. The van der Waals surface area contributed by atoms with Crippen LogP contribution in [-0.2, 0) is 0 Å². The molecule has 1 aromatic rings. The highest BCUT2D eigenvalue weighted by Gasteiger charge is 2.19. The minimum absolute atomic E-state index is 0.237. The Bertz CT molecular complexity index is 309. The summed E-state index contributed by atoms with van der Waals surface area (Å²) in [6.45, 7) is 3.92. The van der Waals surface area contributed by atoms with Gasteiger partial charge in [0.25, 0.3) is 0 Å². The summed E-state index contributed by atoms with van der Waals surface area (Å²) >= 11 is 0. The van der Waals surface area contributed by atoms with Gasteiger partial charge in [-0.3, -0.25) is 0 Å². The average molecular weight is 204 g/mol. The number of hydrogen-bond acceptors (Lipinski definition) is 1. The summed E-state index contributed by atoms with van der Waals surface area (Å²) in [6, 6.07) is 8.81. The SMILES string of the molecule is CC(O)C(C)c1ccc(C2CCC2)cc1. The van der Waals surface area contributed by atoms with Crippen molar-refractivity contribution in [2.24, 2.45) is 0 Å². The predicted octanol–water partition coefficient (Wildman–Crippen LogP) is 3.44. The standard InChI is InChI=1S/C14H20O/c1-10(11(2)15)12-6-8-14(9-7-12)13-4-3-5-13/h6-11,13,15H,3-5H2,1-2H3. The molecule has 0 spiro atoms. The maximum Gasteiger partial charge on any atom is 0.0577 e. The molecule has 1 saturated carbocycles. The Morgan fingerprint density at radius 1 is 1.13 bits per heavy atom. The first-order valence-electron chi connectivity index (χ1n) is 5.96. The van der Waals surface area contributed by atoms with Gasteiger partial charge in [0, 0.05) is 5.92 Å². The van der Waals surface area contributed by atoms with Gasteiger partial charge in [0.1, 0.15) is 0 Å². The normalized spacial score (nSPS) is 20.7. The Kier molecular flexibility index (Phi) is 3.11. The molecule has 0 aliphatic heterocycles. The van der Waals surface area contributed by atoms with Crippen LogP contribution >= 0.6 is 0 Å². The summed E-state index contributed by atoms with van der Waals surface area (Å²) in [5, 5.41) is 9.51. The first-order chi connectivity index (χ1) is 7.18. The quantitative estimate of drug-likeness (QED) is 0.799. The van der Waals surface area contributed by atoms with Crippen molar-refractivity contribution in [2.75, 3.05) is 0 Å². The first kappa shape index (κ1) is 10.7. The molecule has 1 aromatic carbocycles. The number of benzene rings is 1. The Labute approximate surface area is 92.1 Å². The van der Waals surface area contributed by atoms with Crippen LogP contribution < -0.4 is 0 Å². The smallest absolute Gasteiger partial charge is 0.0577 e. The highest BCUT2D eigenvalue weighted by Crippen LogP contribution is 2.36. The van der Waals surface area contributed by atoms with E-state index in [2.05, 4.69) is 31.2 Å². The zero-order chi connectivity index (χ0) is 10.8. The van der Waals surface area contributed by atoms with Crippen LogP contribution in [0.4, 0.5) is 0 Å². The third-order valence-corrected chi connectivity index (χ3v) is 3.76. The van der Waals surface area contributed by atoms with E-state index in [4.69, 9.17) is 0 Å². The lowest BCUT2D eigenvalue weighted by atomic mass is 9.79. The Balaban J connectivity index is 2.09. The number of aliphatic hydroxyl groups excluding tert-OH is 1. The van der Waals surface area contributed by atoms with Gasteiger partial charge in [-0.1, -0.05) is 37.6 Å². The van der Waals surface area contributed by atoms with Gasteiger partial charge in [0.05, 0.1) is 6.10 Å². The fourth-order valence-corrected chi connectivity index (χ4v) is 2.09. The molecule has 2 rings (SSSR count). The minimum Gasteiger partial charge on any atom is -0.393 e. The number of rotatable bonds is 3. The van der Waals surface area contributed by atoms with E-state index in [1.807, 2.05) is 6.92 Å². The lowest BCUT2D eigenvalue weighted by Gasteiger charge is -2.26. The van der Waals surface area contributed by atoms with E-state index in [1.54, 1.807) is 0 Å². The molecule has 1 heteroatoms. The van der Waals surface area contributed by atoms with Gasteiger partial charge in [-0.25, -0.2) is 0 Å². The summed E-state index contributed by atoms with van der Waals surface area (Å²) in [4.78, 5) is 0. The van der Waals surface area contributed by atoms with Gasteiger partial charge in [0.2, 0.25) is 0 Å². The molecule has 1 aliphatic rings. The van der Waals surface area contributed by atoms with Crippen LogP contribution in [0.1, 0.15) is 56.1 Å². The molecular formula is C14H20O. The van der Waals surface area contributed by atoms with Crippen molar-refractivity contribution in [1.29, 1.82) is 0 Å². The molecule has 0 amide bonds. The van der Waals surface area contributed by atoms with Crippen LogP contribution in [-0.4, -0.2) is 11.2 Å². The van der Waals surface area contributed by atoms with Gasteiger partial charge in [0.15, 0.2) is 0 Å². The van der Waals surface area contributed by atoms with Crippen molar-refractivity contribution in [3.8, 4) is 0 Å². The molecule has 2 unspecified atom stereocenters. The van der Waals surface area contributed by atoms with E-state index < -0.39 is 0 Å². The van der Waals surface area contributed by atoms with Crippen molar-refractivity contribution >= 4 is 0 Å². The fraction of sp³-hybridized carbons (Fsp3) is 0.571. The van der Waals surface area contributed by atoms with Gasteiger partial charge in [-0.05, 0) is 36.8 Å². The van der Waals surface area contributed by atoms with Gasteiger partial charge in [-0.2, -0.15) is 0 Å². The molecule has 1 nitrogen and oxygen atoms in total. The van der Waals surface area contributed by atoms with Gasteiger partial charge >= 0.3 is 0 Å². The number of aliphatic hydroxyl groups is 1. The molecule has 0 heterocycles. The van der Waals surface area contributed by atoms with Crippen molar-refractivity contribution < 1.29 is 5.11 Å². The van der Waals surface area contributed by atoms with Crippen LogP contribution in [0.5, 0.6) is 0 Å². The second-order valence-electron chi connectivity index (χ2n) is 4.82. The molecule has 0 aromatic heterocycles. The van der Waals surface area contributed by atoms with Crippen molar-refractivity contribution in [3.63, 3.8) is 0 Å². The highest BCUT2D eigenvalue weighted by atomic mass is 16.3. The molecule has 1 N–H and O–H groups in total. The Morgan fingerprint density at radius 2 is 1.73 bits per heavy atom. The summed E-state index contributed by atoms with van der Waals surface area (Å²) in [5.41, 5.74) is 2.72. The average Bonchev–Trinajstić information content (AvgIpc) is 2.15. The van der Waals surface area contributed by atoms with E-state index in [-0.39, 0.29) is 12.0 Å². The van der Waals surface area contributed by atoms with E-state index in [0.29, 0.717) is 0 Å². The van der Waals surface area contributed by atoms with Crippen molar-refractivity contribution in [1.82, 2.24) is 0 Å². The summed E-state index contributed by atoms with van der Waals surface area (Å²) < 4.78 is 0. The molecule has 82 valence electrons. The van der Waals surface area contributed by atoms with Gasteiger partial charge < -0.3 is 5.11 Å². The molecular weight excluding hydrogens is 184 g/mol. The van der Waals surface area contributed by atoms with Gasteiger partial charge in [-0.15, -0.1) is 0 Å². The third kappa shape index (κ3) is 2.23. The minimum atomic E-state index is -0.264. The monoisotopic (exact) mass is 204 g/mol. The van der Waals surface area contributed by atoms with E-state index in [0.717, 1.165) is 5.92 Å². The van der Waals surface area contributed by atoms with Crippen LogP contribution in [0.25, 0.3) is 0 Å². The van der Waals surface area contributed by atoms with Crippen LogP contribution in [0.2, 0.25) is 0 Å². The molecule has 1 fully saturated rings. The van der Waals surface area contributed by atoms with Crippen molar-refractivity contribution in [2.45, 2.75) is 51.0 Å². The van der Waals surface area contributed by atoms with E-state index >= 15 is 0 Å². The summed E-state index contributed by atoms with van der Waals surface area (Å²) in [6.07, 6.45) is 3.83. The molecule has 0 radical (unpaired) electrons. The van der Waals surface area contributed by atoms with Crippen LogP contribution in [0.3, 0.4) is 0 Å². The predicted molar refractivity (Wildman–Crippen MR) is 63.1 cm³/mol. The number of hydrogen-bond donors (Lipinski definition) is 1. The third-order valence-electron chi connectivity index (χ3n) is 3.76. The molecule has 2 atom stereocenters. The van der Waals surface area contributed by atoms with E-state index in [9.17, 15) is 5.11 Å². The highest BCUT2D eigenvalue weighted by molar-refractivity contribution is 5.28. The lowest BCUT2D eigenvalue weighted by molar-refractivity contribution is 0.169. The zero-order valence-electron chi connectivity index (χ0n) is 9.61. The maximum atomic E-state index is 9.51. The van der Waals surface area contributed by atoms with Crippen LogP contribution in [0.15, 0.2) is 24.3 Å². The maximum absolute atomic E-state index is 9.51. The van der Waals surface area contributed by atoms with Crippen molar-refractivity contribution in [3.05, 3.63) is 35.4 Å². The molecule has 15 heavy (non-hydrogen) atoms. The second-order valence-corrected chi connectivity index (χ2v) is 4.82. The summed E-state index contributed by atoms with van der Waals surface area (Å²) in [7, 11) is 0.